The van der Waals surface area contributed by atoms with Crippen molar-refractivity contribution in [2.24, 2.45) is 10.9 Å². The highest BCUT2D eigenvalue weighted by Crippen LogP contribution is 2.13. The molecule has 0 atom stereocenters. The Hall–Kier alpha value is -2.05. The van der Waals surface area contributed by atoms with E-state index in [4.69, 9.17) is 5.73 Å². The maximum Gasteiger partial charge on any atom is 0.270 e. The van der Waals surface area contributed by atoms with E-state index in [9.17, 15) is 19.8 Å². The number of hydrogen-bond donors (Lipinski definition) is 1. The number of nitroso groups, excluding NO2 is 1. The summed E-state index contributed by atoms with van der Waals surface area (Å²) in [6, 6.07) is 0. The molecular formula is C8H11N3O4. The van der Waals surface area contributed by atoms with E-state index >= 15 is 0 Å². The normalized spacial score (nSPS) is 13.1. The Balaban J connectivity index is 5.35. The van der Waals surface area contributed by atoms with Gasteiger partial charge in [0, 0.05) is 12.5 Å². The lowest BCUT2D eigenvalue weighted by molar-refractivity contribution is -0.425. The van der Waals surface area contributed by atoms with Gasteiger partial charge in [0.05, 0.1) is 4.92 Å². The number of allylic oxidation sites excluding steroid dienone is 3. The number of nitrogens with two attached hydrogens (primary N) is 1. The fraction of sp³-hybridized carbons (Fsp3) is 0.375. The third-order valence-electron chi connectivity index (χ3n) is 1.78. The quantitative estimate of drug-likeness (QED) is 0.242. The summed E-state index contributed by atoms with van der Waals surface area (Å²) in [6.45, 7) is 2.93. The van der Waals surface area contributed by atoms with E-state index in [-0.39, 0.29) is 11.3 Å². The zero-order chi connectivity index (χ0) is 12.0. The van der Waals surface area contributed by atoms with Crippen LogP contribution >= 0.6 is 0 Å². The van der Waals surface area contributed by atoms with Crippen LogP contribution < -0.4 is 5.73 Å². The Morgan fingerprint density at radius 1 is 1.60 bits per heavy atom. The van der Waals surface area contributed by atoms with Crippen LogP contribution in [0.2, 0.25) is 0 Å². The molecule has 0 aliphatic rings. The van der Waals surface area contributed by atoms with E-state index in [1.807, 2.05) is 0 Å². The van der Waals surface area contributed by atoms with Crippen LogP contribution in [0.4, 0.5) is 0 Å². The molecule has 0 aliphatic heterocycles. The maximum absolute atomic E-state index is 10.6. The van der Waals surface area contributed by atoms with Crippen molar-refractivity contribution in [3.05, 3.63) is 38.1 Å². The van der Waals surface area contributed by atoms with Gasteiger partial charge in [-0.15, -0.1) is 4.91 Å². The second-order valence-electron chi connectivity index (χ2n) is 2.71. The van der Waals surface area contributed by atoms with Crippen LogP contribution in [0.15, 0.2) is 28.2 Å². The summed E-state index contributed by atoms with van der Waals surface area (Å²) in [5.41, 5.74) is 4.42. The predicted molar refractivity (Wildman–Crippen MR) is 53.1 cm³/mol. The van der Waals surface area contributed by atoms with Gasteiger partial charge in [0.15, 0.2) is 5.70 Å². The number of nitro groups is 1. The molecule has 15 heavy (non-hydrogen) atoms. The van der Waals surface area contributed by atoms with Gasteiger partial charge in [0.1, 0.15) is 0 Å². The maximum atomic E-state index is 10.6. The smallest absolute Gasteiger partial charge is 0.270 e. The van der Waals surface area contributed by atoms with Gasteiger partial charge in [-0.25, -0.2) is 0 Å². The minimum atomic E-state index is -1.01. The molecule has 82 valence electrons. The fourth-order valence-corrected chi connectivity index (χ4v) is 0.887. The Bertz CT molecular complexity index is 345. The largest absolute Gasteiger partial charge is 0.364 e. The molecule has 0 spiro atoms. The van der Waals surface area contributed by atoms with Crippen LogP contribution in [-0.2, 0) is 4.79 Å². The number of carbonyl (C=O) groups is 1. The predicted octanol–water partition coefficient (Wildman–Crippen LogP) is 1.08. The number of nitrogens with zero attached hydrogens (tertiary/aromatic N) is 2. The molecule has 0 aliphatic carbocycles. The Morgan fingerprint density at radius 2 is 2.13 bits per heavy atom. The van der Waals surface area contributed by atoms with Gasteiger partial charge in [0.2, 0.25) is 5.70 Å². The molecule has 7 nitrogen and oxygen atoms in total. The van der Waals surface area contributed by atoms with Crippen molar-refractivity contribution in [1.29, 1.82) is 0 Å². The van der Waals surface area contributed by atoms with E-state index in [0.717, 1.165) is 6.08 Å². The monoisotopic (exact) mass is 213 g/mol. The molecule has 0 saturated heterocycles. The fourth-order valence-electron chi connectivity index (χ4n) is 0.887. The molecule has 1 amide bonds. The van der Waals surface area contributed by atoms with Crippen molar-refractivity contribution in [2.75, 3.05) is 0 Å². The zero-order valence-corrected chi connectivity index (χ0v) is 8.39. The van der Waals surface area contributed by atoms with Crippen LogP contribution in [0.3, 0.4) is 0 Å². The number of hydrogen-bond acceptors (Lipinski definition) is 5. The standard InChI is InChI=1S/C8H11N3O4/c1-3-6(5(2)11(14)15)4-7(10-13)8(9)12/h4H,3H2,1-2H3,(H2,9,12)/b6-5-,7-4-. The first kappa shape index (κ1) is 12.9. The van der Waals surface area contributed by atoms with Crippen LogP contribution in [0.5, 0.6) is 0 Å². The molecule has 7 heteroatoms. The minimum absolute atomic E-state index is 0.139. The molecular weight excluding hydrogens is 202 g/mol. The van der Waals surface area contributed by atoms with Gasteiger partial charge in [-0.2, -0.15) is 0 Å². The van der Waals surface area contributed by atoms with Crippen molar-refractivity contribution in [1.82, 2.24) is 0 Å². The molecule has 0 bridgehead atoms. The third-order valence-corrected chi connectivity index (χ3v) is 1.78. The van der Waals surface area contributed by atoms with Gasteiger partial charge < -0.3 is 5.73 Å². The summed E-state index contributed by atoms with van der Waals surface area (Å²) in [4.78, 5) is 30.7. The van der Waals surface area contributed by atoms with Crippen molar-refractivity contribution < 1.29 is 9.72 Å². The van der Waals surface area contributed by atoms with Crippen molar-refractivity contribution >= 4 is 5.91 Å². The zero-order valence-electron chi connectivity index (χ0n) is 8.39. The highest BCUT2D eigenvalue weighted by Gasteiger charge is 2.12. The molecule has 0 unspecified atom stereocenters. The van der Waals surface area contributed by atoms with E-state index in [2.05, 4.69) is 5.18 Å². The van der Waals surface area contributed by atoms with Gasteiger partial charge in [0.25, 0.3) is 5.91 Å². The first-order valence-corrected chi connectivity index (χ1v) is 4.13. The first-order valence-electron chi connectivity index (χ1n) is 4.13. The van der Waals surface area contributed by atoms with Crippen LogP contribution in [-0.4, -0.2) is 10.8 Å². The summed E-state index contributed by atoms with van der Waals surface area (Å²) in [5.74, 6) is -1.01. The van der Waals surface area contributed by atoms with Crippen molar-refractivity contribution in [3.8, 4) is 0 Å². The summed E-state index contributed by atoms with van der Waals surface area (Å²) in [7, 11) is 0. The minimum Gasteiger partial charge on any atom is -0.364 e. The van der Waals surface area contributed by atoms with E-state index in [1.165, 1.54) is 6.92 Å². The summed E-state index contributed by atoms with van der Waals surface area (Å²) in [5, 5.41) is 12.8. The first-order chi connectivity index (χ1) is 6.93. The van der Waals surface area contributed by atoms with Gasteiger partial charge in [-0.05, 0) is 17.7 Å². The molecule has 2 N–H and O–H groups in total. The lowest BCUT2D eigenvalue weighted by Gasteiger charge is -1.98. The lowest BCUT2D eigenvalue weighted by Crippen LogP contribution is -2.12. The second-order valence-corrected chi connectivity index (χ2v) is 2.71. The van der Waals surface area contributed by atoms with E-state index < -0.39 is 16.5 Å². The SMILES string of the molecule is CCC(/C=C(\N=O)C(N)=O)=C(\C)[N+](=O)[O-]. The third kappa shape index (κ3) is 3.67. The molecule has 0 fully saturated rings. The van der Waals surface area contributed by atoms with Gasteiger partial charge in [-0.1, -0.05) is 6.92 Å². The second kappa shape index (κ2) is 5.63. The lowest BCUT2D eigenvalue weighted by atomic mass is 10.1. The summed E-state index contributed by atoms with van der Waals surface area (Å²) >= 11 is 0. The Kier molecular flexibility index (Phi) is 4.86. The average molecular weight is 213 g/mol. The Labute approximate surface area is 85.8 Å². The number of primary amides is 1. The van der Waals surface area contributed by atoms with Gasteiger partial charge >= 0.3 is 0 Å². The number of carbonyl (C=O) groups excluding carboxylic acids is 1. The molecule has 0 aromatic heterocycles. The van der Waals surface area contributed by atoms with Gasteiger partial charge in [-0.3, -0.25) is 14.9 Å². The van der Waals surface area contributed by atoms with Crippen LogP contribution in [0.25, 0.3) is 0 Å². The highest BCUT2D eigenvalue weighted by molar-refractivity contribution is 5.92. The summed E-state index contributed by atoms with van der Waals surface area (Å²) in [6.07, 6.45) is 1.34. The molecule has 0 aromatic carbocycles. The summed E-state index contributed by atoms with van der Waals surface area (Å²) < 4.78 is 0. The molecule has 0 heterocycles. The number of amides is 1. The highest BCUT2D eigenvalue weighted by atomic mass is 16.6. The van der Waals surface area contributed by atoms with E-state index in [1.54, 1.807) is 6.92 Å². The Morgan fingerprint density at radius 3 is 2.40 bits per heavy atom. The van der Waals surface area contributed by atoms with Crippen LogP contribution in [0, 0.1) is 15.0 Å². The van der Waals surface area contributed by atoms with E-state index in [0.29, 0.717) is 6.42 Å². The van der Waals surface area contributed by atoms with Crippen molar-refractivity contribution in [3.63, 3.8) is 0 Å². The number of rotatable bonds is 5. The topological polar surface area (TPSA) is 116 Å². The van der Waals surface area contributed by atoms with Crippen molar-refractivity contribution in [2.45, 2.75) is 20.3 Å². The average Bonchev–Trinajstić information content (AvgIpc) is 2.18. The molecule has 0 rings (SSSR count). The molecule has 0 radical (unpaired) electrons. The molecule has 0 saturated carbocycles. The molecule has 0 aromatic rings. The van der Waals surface area contributed by atoms with Crippen LogP contribution in [0.1, 0.15) is 20.3 Å².